The molecule has 2 aromatic carbocycles. The van der Waals surface area contributed by atoms with E-state index in [0.717, 1.165) is 17.7 Å². The molecular formula is C15H15BrFNO. The van der Waals surface area contributed by atoms with Crippen LogP contribution in [0.2, 0.25) is 0 Å². The lowest BCUT2D eigenvalue weighted by atomic mass is 10.1. The lowest BCUT2D eigenvalue weighted by molar-refractivity contribution is 0.289. The van der Waals surface area contributed by atoms with E-state index < -0.39 is 0 Å². The number of nitrogens with one attached hydrogen (secondary N) is 1. The Hall–Kier alpha value is -1.39. The van der Waals surface area contributed by atoms with E-state index in [4.69, 9.17) is 4.74 Å². The van der Waals surface area contributed by atoms with Crippen LogP contribution in [0.3, 0.4) is 0 Å². The van der Waals surface area contributed by atoms with Crippen LogP contribution in [0.1, 0.15) is 11.1 Å². The molecule has 0 atom stereocenters. The summed E-state index contributed by atoms with van der Waals surface area (Å²) < 4.78 is 19.9. The van der Waals surface area contributed by atoms with Crippen LogP contribution in [0.25, 0.3) is 0 Å². The topological polar surface area (TPSA) is 21.3 Å². The van der Waals surface area contributed by atoms with Crippen molar-refractivity contribution in [3.63, 3.8) is 0 Å². The lowest BCUT2D eigenvalue weighted by Gasteiger charge is -2.11. The number of rotatable bonds is 5. The maximum absolute atomic E-state index is 13.6. The molecular weight excluding hydrogens is 309 g/mol. The second kappa shape index (κ2) is 6.68. The van der Waals surface area contributed by atoms with Gasteiger partial charge in [0.15, 0.2) is 11.6 Å². The Morgan fingerprint density at radius 2 is 1.89 bits per heavy atom. The molecule has 0 aliphatic heterocycles. The predicted molar refractivity (Wildman–Crippen MR) is 77.6 cm³/mol. The molecule has 0 saturated heterocycles. The quantitative estimate of drug-likeness (QED) is 0.901. The zero-order chi connectivity index (χ0) is 13.7. The van der Waals surface area contributed by atoms with Crippen LogP contribution in [-0.2, 0) is 13.2 Å². The van der Waals surface area contributed by atoms with Gasteiger partial charge in [0, 0.05) is 11.0 Å². The minimum atomic E-state index is -0.361. The van der Waals surface area contributed by atoms with E-state index in [9.17, 15) is 4.39 Å². The van der Waals surface area contributed by atoms with Gasteiger partial charge in [-0.1, -0.05) is 40.2 Å². The molecule has 2 rings (SSSR count). The van der Waals surface area contributed by atoms with Gasteiger partial charge in [-0.15, -0.1) is 0 Å². The van der Waals surface area contributed by atoms with Gasteiger partial charge in [-0.2, -0.15) is 0 Å². The maximum atomic E-state index is 13.6. The van der Waals surface area contributed by atoms with Gasteiger partial charge in [0.1, 0.15) is 6.61 Å². The summed E-state index contributed by atoms with van der Waals surface area (Å²) in [6, 6.07) is 12.7. The van der Waals surface area contributed by atoms with Gasteiger partial charge >= 0.3 is 0 Å². The van der Waals surface area contributed by atoms with E-state index in [1.165, 1.54) is 6.07 Å². The average Bonchev–Trinajstić information content (AvgIpc) is 2.40. The Kier molecular flexibility index (Phi) is 4.93. The smallest absolute Gasteiger partial charge is 0.166 e. The van der Waals surface area contributed by atoms with E-state index >= 15 is 0 Å². The fourth-order valence-electron chi connectivity index (χ4n) is 1.81. The van der Waals surface area contributed by atoms with Gasteiger partial charge in [0.2, 0.25) is 0 Å². The standard InChI is InChI=1S/C15H15BrFNO/c1-18-9-11-4-2-3-5-12(11)10-19-15-7-6-13(16)8-14(15)17/h2-8,18H,9-10H2,1H3. The normalized spacial score (nSPS) is 10.5. The monoisotopic (exact) mass is 323 g/mol. The van der Waals surface area contributed by atoms with Crippen LogP contribution in [0, 0.1) is 5.82 Å². The number of hydrogen-bond donors (Lipinski definition) is 1. The van der Waals surface area contributed by atoms with Crippen molar-refractivity contribution < 1.29 is 9.13 Å². The van der Waals surface area contributed by atoms with Gasteiger partial charge in [0.05, 0.1) is 0 Å². The number of benzene rings is 2. The highest BCUT2D eigenvalue weighted by Crippen LogP contribution is 2.22. The van der Waals surface area contributed by atoms with Gasteiger partial charge in [-0.25, -0.2) is 4.39 Å². The summed E-state index contributed by atoms with van der Waals surface area (Å²) in [7, 11) is 1.89. The summed E-state index contributed by atoms with van der Waals surface area (Å²) in [6.07, 6.45) is 0. The molecule has 0 amide bonds. The van der Waals surface area contributed by atoms with Gasteiger partial charge in [-0.3, -0.25) is 0 Å². The van der Waals surface area contributed by atoms with Gasteiger partial charge in [-0.05, 0) is 36.4 Å². The van der Waals surface area contributed by atoms with Crippen molar-refractivity contribution in [2.75, 3.05) is 7.05 Å². The van der Waals surface area contributed by atoms with Gasteiger partial charge < -0.3 is 10.1 Å². The summed E-state index contributed by atoms with van der Waals surface area (Å²) >= 11 is 3.22. The average molecular weight is 324 g/mol. The SMILES string of the molecule is CNCc1ccccc1COc1ccc(Br)cc1F. The molecule has 0 radical (unpaired) electrons. The number of ether oxygens (including phenoxy) is 1. The summed E-state index contributed by atoms with van der Waals surface area (Å²) in [6.45, 7) is 1.12. The minimum Gasteiger partial charge on any atom is -0.486 e. The summed E-state index contributed by atoms with van der Waals surface area (Å²) in [5.41, 5.74) is 2.21. The van der Waals surface area contributed by atoms with Crippen molar-refractivity contribution in [1.82, 2.24) is 5.32 Å². The highest BCUT2D eigenvalue weighted by molar-refractivity contribution is 9.10. The third kappa shape index (κ3) is 3.78. The molecule has 1 N–H and O–H groups in total. The molecule has 0 bridgehead atoms. The first kappa shape index (κ1) is 14.0. The van der Waals surface area contributed by atoms with Crippen molar-refractivity contribution in [3.05, 3.63) is 63.9 Å². The molecule has 0 aliphatic rings. The van der Waals surface area contributed by atoms with Crippen molar-refractivity contribution in [2.24, 2.45) is 0 Å². The Bertz CT molecular complexity index is 560. The van der Waals surface area contributed by atoms with E-state index in [2.05, 4.69) is 21.2 Å². The van der Waals surface area contributed by atoms with E-state index in [-0.39, 0.29) is 11.6 Å². The third-order valence-corrected chi connectivity index (χ3v) is 3.26. The predicted octanol–water partition coefficient (Wildman–Crippen LogP) is 3.89. The molecule has 0 heterocycles. The van der Waals surface area contributed by atoms with Crippen LogP contribution in [-0.4, -0.2) is 7.05 Å². The molecule has 0 fully saturated rings. The van der Waals surface area contributed by atoms with Crippen LogP contribution in [0.4, 0.5) is 4.39 Å². The first-order valence-corrected chi connectivity index (χ1v) is 6.79. The third-order valence-electron chi connectivity index (χ3n) is 2.76. The van der Waals surface area contributed by atoms with Gasteiger partial charge in [0.25, 0.3) is 0 Å². The summed E-state index contributed by atoms with van der Waals surface area (Å²) in [5.74, 6) is -0.0945. The molecule has 0 aliphatic carbocycles. The molecule has 0 saturated carbocycles. The second-order valence-corrected chi connectivity index (χ2v) is 5.08. The van der Waals surface area contributed by atoms with E-state index in [1.54, 1.807) is 12.1 Å². The Morgan fingerprint density at radius 1 is 1.16 bits per heavy atom. The van der Waals surface area contributed by atoms with E-state index in [1.807, 2.05) is 31.3 Å². The summed E-state index contributed by atoms with van der Waals surface area (Å²) in [4.78, 5) is 0. The molecule has 4 heteroatoms. The Labute approximate surface area is 120 Å². The largest absolute Gasteiger partial charge is 0.486 e. The van der Waals surface area contributed by atoms with Crippen LogP contribution in [0.5, 0.6) is 5.75 Å². The first-order chi connectivity index (χ1) is 9.20. The van der Waals surface area contributed by atoms with E-state index in [0.29, 0.717) is 11.1 Å². The molecule has 0 spiro atoms. The minimum absolute atomic E-state index is 0.266. The van der Waals surface area contributed by atoms with Crippen molar-refractivity contribution >= 4 is 15.9 Å². The second-order valence-electron chi connectivity index (χ2n) is 4.16. The number of halogens is 2. The summed E-state index contributed by atoms with van der Waals surface area (Å²) in [5, 5.41) is 3.11. The molecule has 19 heavy (non-hydrogen) atoms. The fourth-order valence-corrected chi connectivity index (χ4v) is 2.14. The molecule has 2 nitrogen and oxygen atoms in total. The first-order valence-electron chi connectivity index (χ1n) is 6.00. The van der Waals surface area contributed by atoms with Crippen LogP contribution < -0.4 is 10.1 Å². The fraction of sp³-hybridized carbons (Fsp3) is 0.200. The Morgan fingerprint density at radius 3 is 2.58 bits per heavy atom. The molecule has 100 valence electrons. The zero-order valence-corrected chi connectivity index (χ0v) is 12.2. The molecule has 0 unspecified atom stereocenters. The van der Waals surface area contributed by atoms with Crippen LogP contribution >= 0.6 is 15.9 Å². The maximum Gasteiger partial charge on any atom is 0.166 e. The molecule has 2 aromatic rings. The highest BCUT2D eigenvalue weighted by Gasteiger charge is 2.06. The zero-order valence-electron chi connectivity index (χ0n) is 10.6. The van der Waals surface area contributed by atoms with Crippen molar-refractivity contribution in [3.8, 4) is 5.75 Å². The highest BCUT2D eigenvalue weighted by atomic mass is 79.9. The van der Waals surface area contributed by atoms with Crippen molar-refractivity contribution in [2.45, 2.75) is 13.2 Å². The molecule has 0 aromatic heterocycles. The number of hydrogen-bond acceptors (Lipinski definition) is 2. The van der Waals surface area contributed by atoms with Crippen LogP contribution in [0.15, 0.2) is 46.9 Å². The van der Waals surface area contributed by atoms with Crippen molar-refractivity contribution in [1.29, 1.82) is 0 Å². The Balaban J connectivity index is 2.10. The lowest BCUT2D eigenvalue weighted by Crippen LogP contribution is -2.09.